The predicted molar refractivity (Wildman–Crippen MR) is 91.3 cm³/mol. The van der Waals surface area contributed by atoms with E-state index in [1.54, 1.807) is 0 Å². The van der Waals surface area contributed by atoms with Gasteiger partial charge in [-0.25, -0.2) is 4.98 Å². The van der Waals surface area contributed by atoms with Crippen molar-refractivity contribution >= 4 is 27.3 Å². The Bertz CT molecular complexity index is 546. The lowest BCUT2D eigenvalue weighted by Gasteiger charge is -2.05. The van der Waals surface area contributed by atoms with E-state index in [2.05, 4.69) is 66.3 Å². The summed E-state index contributed by atoms with van der Waals surface area (Å²) >= 11 is 5.28. The van der Waals surface area contributed by atoms with Crippen molar-refractivity contribution in [1.29, 1.82) is 0 Å². The van der Waals surface area contributed by atoms with Crippen LogP contribution in [-0.2, 0) is 6.54 Å². The Balaban J connectivity index is 2.26. The number of halogens is 1. The Kier molecular flexibility index (Phi) is 5.75. The molecule has 0 aliphatic carbocycles. The lowest BCUT2D eigenvalue weighted by atomic mass is 10.1. The summed E-state index contributed by atoms with van der Waals surface area (Å²) in [5.41, 5.74) is 2.43. The molecule has 0 aliphatic rings. The molecule has 2 aromatic rings. The zero-order valence-corrected chi connectivity index (χ0v) is 14.6. The predicted octanol–water partition coefficient (Wildman–Crippen LogP) is 5.20. The van der Waals surface area contributed by atoms with Gasteiger partial charge in [-0.1, -0.05) is 48.8 Å². The van der Waals surface area contributed by atoms with Gasteiger partial charge in [-0.05, 0) is 31.0 Å². The van der Waals surface area contributed by atoms with Crippen LogP contribution in [0, 0.1) is 0 Å². The summed E-state index contributed by atoms with van der Waals surface area (Å²) in [5.74, 6) is 0.467. The average molecular weight is 353 g/mol. The van der Waals surface area contributed by atoms with Gasteiger partial charge in [0.2, 0.25) is 0 Å². The molecule has 0 atom stereocenters. The molecule has 1 aromatic carbocycles. The van der Waals surface area contributed by atoms with Crippen molar-refractivity contribution < 1.29 is 0 Å². The fourth-order valence-electron chi connectivity index (χ4n) is 2.04. The Morgan fingerprint density at radius 1 is 1.25 bits per heavy atom. The summed E-state index contributed by atoms with van der Waals surface area (Å²) < 4.78 is 1.10. The maximum atomic E-state index is 4.85. The Morgan fingerprint density at radius 3 is 2.55 bits per heavy atom. The van der Waals surface area contributed by atoms with Gasteiger partial charge in [-0.15, -0.1) is 11.3 Å². The molecule has 0 unspecified atom stereocenters. The number of nitrogens with one attached hydrogen (secondary N) is 1. The Labute approximate surface area is 133 Å². The molecule has 1 N–H and O–H groups in total. The van der Waals surface area contributed by atoms with Gasteiger partial charge in [-0.3, -0.25) is 0 Å². The number of hydrogen-bond acceptors (Lipinski definition) is 3. The zero-order chi connectivity index (χ0) is 14.5. The van der Waals surface area contributed by atoms with Crippen molar-refractivity contribution in [2.75, 3.05) is 6.54 Å². The second-order valence-corrected chi connectivity index (χ2v) is 7.17. The molecule has 1 heterocycles. The van der Waals surface area contributed by atoms with Crippen LogP contribution in [0.1, 0.15) is 43.7 Å². The number of benzene rings is 1. The van der Waals surface area contributed by atoms with E-state index in [0.717, 1.165) is 29.0 Å². The van der Waals surface area contributed by atoms with Gasteiger partial charge in [0.05, 0.1) is 5.69 Å². The van der Waals surface area contributed by atoms with Crippen LogP contribution in [0.4, 0.5) is 0 Å². The zero-order valence-electron chi connectivity index (χ0n) is 12.2. The maximum Gasteiger partial charge on any atom is 0.123 e. The van der Waals surface area contributed by atoms with Crippen LogP contribution in [0.3, 0.4) is 0 Å². The number of hydrogen-bond donors (Lipinski definition) is 1. The molecule has 0 aliphatic heterocycles. The fraction of sp³-hybridized carbons (Fsp3) is 0.438. The molecule has 0 saturated heterocycles. The van der Waals surface area contributed by atoms with Crippen LogP contribution in [0.25, 0.3) is 10.6 Å². The van der Waals surface area contributed by atoms with Crippen LogP contribution >= 0.6 is 27.3 Å². The molecule has 0 radical (unpaired) electrons. The summed E-state index contributed by atoms with van der Waals surface area (Å²) in [7, 11) is 0. The minimum atomic E-state index is 0.467. The Hall–Kier alpha value is -0.710. The SMILES string of the molecule is CCCNCc1sc(-c2ccc(Br)cc2)nc1C(C)C. The minimum absolute atomic E-state index is 0.467. The van der Waals surface area contributed by atoms with E-state index in [0.29, 0.717) is 5.92 Å². The molecular formula is C16H21BrN2S. The highest BCUT2D eigenvalue weighted by Crippen LogP contribution is 2.32. The van der Waals surface area contributed by atoms with Gasteiger partial charge < -0.3 is 5.32 Å². The van der Waals surface area contributed by atoms with Crippen molar-refractivity contribution in [2.24, 2.45) is 0 Å². The van der Waals surface area contributed by atoms with E-state index in [1.165, 1.54) is 16.1 Å². The third-order valence-corrected chi connectivity index (χ3v) is 4.73. The molecule has 0 spiro atoms. The third-order valence-electron chi connectivity index (χ3n) is 3.08. The maximum absolute atomic E-state index is 4.85. The van der Waals surface area contributed by atoms with Crippen molar-refractivity contribution in [2.45, 2.75) is 39.7 Å². The molecule has 0 bridgehead atoms. The quantitative estimate of drug-likeness (QED) is 0.723. The van der Waals surface area contributed by atoms with E-state index in [-0.39, 0.29) is 0 Å². The standard InChI is InChI=1S/C16H21BrN2S/c1-4-9-18-10-14-15(11(2)3)19-16(20-14)12-5-7-13(17)8-6-12/h5-8,11,18H,4,9-10H2,1-3H3. The normalized spacial score (nSPS) is 11.2. The monoisotopic (exact) mass is 352 g/mol. The van der Waals surface area contributed by atoms with Crippen LogP contribution in [0.15, 0.2) is 28.7 Å². The van der Waals surface area contributed by atoms with E-state index >= 15 is 0 Å². The van der Waals surface area contributed by atoms with Gasteiger partial charge in [0.1, 0.15) is 5.01 Å². The lowest BCUT2D eigenvalue weighted by Crippen LogP contribution is -2.14. The second kappa shape index (κ2) is 7.34. The topological polar surface area (TPSA) is 24.9 Å². The molecule has 20 heavy (non-hydrogen) atoms. The van der Waals surface area contributed by atoms with E-state index in [9.17, 15) is 0 Å². The number of thiazole rings is 1. The number of aromatic nitrogens is 1. The smallest absolute Gasteiger partial charge is 0.123 e. The first kappa shape index (κ1) is 15.7. The summed E-state index contributed by atoms with van der Waals surface area (Å²) in [5, 5.41) is 4.60. The van der Waals surface area contributed by atoms with Crippen molar-refractivity contribution in [3.05, 3.63) is 39.3 Å². The van der Waals surface area contributed by atoms with Crippen LogP contribution < -0.4 is 5.32 Å². The highest BCUT2D eigenvalue weighted by Gasteiger charge is 2.14. The van der Waals surface area contributed by atoms with Crippen molar-refractivity contribution in [1.82, 2.24) is 10.3 Å². The number of nitrogens with zero attached hydrogens (tertiary/aromatic N) is 1. The van der Waals surface area contributed by atoms with Gasteiger partial charge in [0.25, 0.3) is 0 Å². The molecule has 108 valence electrons. The van der Waals surface area contributed by atoms with Crippen molar-refractivity contribution in [3.8, 4) is 10.6 Å². The molecular weight excluding hydrogens is 332 g/mol. The first-order valence-electron chi connectivity index (χ1n) is 7.08. The van der Waals surface area contributed by atoms with E-state index in [1.807, 2.05) is 11.3 Å². The highest BCUT2D eigenvalue weighted by atomic mass is 79.9. The van der Waals surface area contributed by atoms with Crippen LogP contribution in [0.2, 0.25) is 0 Å². The molecule has 4 heteroatoms. The third kappa shape index (κ3) is 3.90. The molecule has 0 saturated carbocycles. The minimum Gasteiger partial charge on any atom is -0.312 e. The highest BCUT2D eigenvalue weighted by molar-refractivity contribution is 9.10. The van der Waals surface area contributed by atoms with Crippen LogP contribution in [0.5, 0.6) is 0 Å². The molecule has 0 fully saturated rings. The summed E-state index contributed by atoms with van der Waals surface area (Å²) in [4.78, 5) is 6.22. The fourth-order valence-corrected chi connectivity index (χ4v) is 3.49. The van der Waals surface area contributed by atoms with E-state index in [4.69, 9.17) is 4.98 Å². The average Bonchev–Trinajstić information content (AvgIpc) is 2.84. The molecule has 2 nitrogen and oxygen atoms in total. The summed E-state index contributed by atoms with van der Waals surface area (Å²) in [6.07, 6.45) is 1.16. The molecule has 0 amide bonds. The lowest BCUT2D eigenvalue weighted by molar-refractivity contribution is 0.670. The van der Waals surface area contributed by atoms with Gasteiger partial charge in [-0.2, -0.15) is 0 Å². The van der Waals surface area contributed by atoms with Crippen molar-refractivity contribution in [3.63, 3.8) is 0 Å². The first-order chi connectivity index (χ1) is 9.61. The van der Waals surface area contributed by atoms with Gasteiger partial charge >= 0.3 is 0 Å². The number of rotatable bonds is 6. The molecule has 2 rings (SSSR count). The summed E-state index contributed by atoms with van der Waals surface area (Å²) in [6, 6.07) is 8.38. The molecule has 1 aromatic heterocycles. The van der Waals surface area contributed by atoms with Crippen LogP contribution in [-0.4, -0.2) is 11.5 Å². The van der Waals surface area contributed by atoms with E-state index < -0.39 is 0 Å². The Morgan fingerprint density at radius 2 is 1.95 bits per heavy atom. The summed E-state index contributed by atoms with van der Waals surface area (Å²) in [6.45, 7) is 8.60. The second-order valence-electron chi connectivity index (χ2n) is 5.17. The van der Waals surface area contributed by atoms with Gasteiger partial charge in [0, 0.05) is 21.5 Å². The van der Waals surface area contributed by atoms with Gasteiger partial charge in [0.15, 0.2) is 0 Å². The largest absolute Gasteiger partial charge is 0.312 e. The first-order valence-corrected chi connectivity index (χ1v) is 8.69.